The van der Waals surface area contributed by atoms with E-state index in [0.717, 1.165) is 11.1 Å². The van der Waals surface area contributed by atoms with E-state index in [1.165, 1.54) is 0 Å². The third kappa shape index (κ3) is 3.52. The molecule has 0 aliphatic carbocycles. The topological polar surface area (TPSA) is 56.6 Å². The smallest absolute Gasteiger partial charge is 0.253 e. The molecule has 0 radical (unpaired) electrons. The zero-order valence-electron chi connectivity index (χ0n) is 15.0. The van der Waals surface area contributed by atoms with Crippen LogP contribution in [0.15, 0.2) is 36.2 Å². The maximum absolute atomic E-state index is 13.0. The van der Waals surface area contributed by atoms with Crippen LogP contribution in [0.4, 0.5) is 0 Å². The van der Waals surface area contributed by atoms with Gasteiger partial charge in [0.2, 0.25) is 0 Å². The third-order valence-electron chi connectivity index (χ3n) is 4.20. The molecule has 0 atom stereocenters. The van der Waals surface area contributed by atoms with Gasteiger partial charge in [-0.2, -0.15) is 5.10 Å². The van der Waals surface area contributed by atoms with Gasteiger partial charge in [-0.25, -0.2) is 0 Å². The van der Waals surface area contributed by atoms with Gasteiger partial charge in [0.1, 0.15) is 6.61 Å². The minimum atomic E-state index is -0.0210. The molecular formula is C19H23N3O3. The summed E-state index contributed by atoms with van der Waals surface area (Å²) in [5, 5.41) is 4.18. The maximum atomic E-state index is 13.0. The predicted molar refractivity (Wildman–Crippen MR) is 95.4 cm³/mol. The number of ether oxygens (including phenoxy) is 2. The largest absolute Gasteiger partial charge is 0.493 e. The molecule has 0 spiro atoms. The Morgan fingerprint density at radius 3 is 2.88 bits per heavy atom. The molecule has 3 rings (SSSR count). The fraction of sp³-hybridized carbons (Fsp3) is 0.368. The van der Waals surface area contributed by atoms with Crippen molar-refractivity contribution in [1.82, 2.24) is 14.7 Å². The second-order valence-electron chi connectivity index (χ2n) is 6.39. The number of aromatic nitrogens is 2. The molecule has 0 bridgehead atoms. The highest BCUT2D eigenvalue weighted by atomic mass is 16.5. The van der Waals surface area contributed by atoms with E-state index in [1.54, 1.807) is 18.0 Å². The highest BCUT2D eigenvalue weighted by Gasteiger charge is 2.25. The number of carbonyl (C=O) groups excluding carboxylic acids is 1. The van der Waals surface area contributed by atoms with E-state index in [2.05, 4.69) is 5.10 Å². The zero-order chi connectivity index (χ0) is 18.0. The van der Waals surface area contributed by atoms with Gasteiger partial charge < -0.3 is 14.4 Å². The quantitative estimate of drug-likeness (QED) is 0.839. The van der Waals surface area contributed by atoms with Crippen molar-refractivity contribution in [2.45, 2.75) is 26.4 Å². The average Bonchev–Trinajstić information content (AvgIpc) is 3.02. The first-order valence-electron chi connectivity index (χ1n) is 8.28. The highest BCUT2D eigenvalue weighted by Crippen LogP contribution is 2.35. The van der Waals surface area contributed by atoms with Gasteiger partial charge in [-0.15, -0.1) is 0 Å². The van der Waals surface area contributed by atoms with Crippen molar-refractivity contribution in [2.75, 3.05) is 13.7 Å². The van der Waals surface area contributed by atoms with E-state index in [9.17, 15) is 4.79 Å². The number of amides is 1. The Bertz CT molecular complexity index is 808. The van der Waals surface area contributed by atoms with Crippen LogP contribution in [0.5, 0.6) is 11.5 Å². The monoisotopic (exact) mass is 341 g/mol. The summed E-state index contributed by atoms with van der Waals surface area (Å²) in [5.41, 5.74) is 2.50. The summed E-state index contributed by atoms with van der Waals surface area (Å²) in [6, 6.07) is 5.73. The second-order valence-corrected chi connectivity index (χ2v) is 6.39. The van der Waals surface area contributed by atoms with Crippen molar-refractivity contribution in [3.8, 4) is 11.5 Å². The van der Waals surface area contributed by atoms with Crippen LogP contribution in [0.3, 0.4) is 0 Å². The van der Waals surface area contributed by atoms with E-state index in [-0.39, 0.29) is 18.6 Å². The van der Waals surface area contributed by atoms with Crippen molar-refractivity contribution in [3.63, 3.8) is 0 Å². The van der Waals surface area contributed by atoms with Crippen LogP contribution in [0.2, 0.25) is 0 Å². The van der Waals surface area contributed by atoms with Crippen LogP contribution in [0.1, 0.15) is 25.0 Å². The lowest BCUT2D eigenvalue weighted by Gasteiger charge is -2.29. The maximum Gasteiger partial charge on any atom is 0.253 e. The number of hydrogen-bond donors (Lipinski definition) is 0. The van der Waals surface area contributed by atoms with Crippen molar-refractivity contribution < 1.29 is 14.3 Å². The van der Waals surface area contributed by atoms with Crippen LogP contribution in [-0.4, -0.2) is 40.3 Å². The van der Waals surface area contributed by atoms with E-state index < -0.39 is 0 Å². The minimum Gasteiger partial charge on any atom is -0.493 e. The minimum absolute atomic E-state index is 0.0210. The number of carbonyl (C=O) groups is 1. The SMILES string of the molecule is COc1cccc2c1OCC(C(=O)N(Cc1cnn(C)c1)C(C)C)=C2. The van der Waals surface area contributed by atoms with Crippen LogP contribution in [0, 0.1) is 0 Å². The molecule has 2 heterocycles. The molecule has 132 valence electrons. The average molecular weight is 341 g/mol. The predicted octanol–water partition coefficient (Wildman–Crippen LogP) is 2.64. The van der Waals surface area contributed by atoms with Crippen LogP contribution < -0.4 is 9.47 Å². The molecule has 6 heteroatoms. The Morgan fingerprint density at radius 2 is 2.24 bits per heavy atom. The summed E-state index contributed by atoms with van der Waals surface area (Å²) < 4.78 is 12.9. The van der Waals surface area contributed by atoms with Gasteiger partial charge >= 0.3 is 0 Å². The molecule has 1 aliphatic rings. The standard InChI is InChI=1S/C19H23N3O3/c1-13(2)22(11-14-9-20-21(3)10-14)19(23)16-8-15-6-5-7-17(24-4)18(15)25-12-16/h5-10,13H,11-12H2,1-4H3. The number of nitrogens with zero attached hydrogens (tertiary/aromatic N) is 3. The Kier molecular flexibility index (Phi) is 4.79. The van der Waals surface area contributed by atoms with Gasteiger partial charge in [0.25, 0.3) is 5.91 Å². The van der Waals surface area contributed by atoms with Crippen molar-refractivity contribution in [2.24, 2.45) is 7.05 Å². The first kappa shape index (κ1) is 17.1. The van der Waals surface area contributed by atoms with E-state index >= 15 is 0 Å². The lowest BCUT2D eigenvalue weighted by Crippen LogP contribution is -2.38. The van der Waals surface area contributed by atoms with Crippen molar-refractivity contribution >= 4 is 12.0 Å². The second kappa shape index (κ2) is 7.01. The fourth-order valence-corrected chi connectivity index (χ4v) is 2.89. The van der Waals surface area contributed by atoms with Gasteiger partial charge in [0, 0.05) is 37.0 Å². The Labute approximate surface area is 147 Å². The molecule has 1 aliphatic heterocycles. The summed E-state index contributed by atoms with van der Waals surface area (Å²) >= 11 is 0. The molecule has 25 heavy (non-hydrogen) atoms. The van der Waals surface area contributed by atoms with Gasteiger partial charge in [-0.1, -0.05) is 12.1 Å². The first-order valence-corrected chi connectivity index (χ1v) is 8.28. The fourth-order valence-electron chi connectivity index (χ4n) is 2.89. The zero-order valence-corrected chi connectivity index (χ0v) is 15.0. The molecule has 1 aromatic carbocycles. The summed E-state index contributed by atoms with van der Waals surface area (Å²) in [6.07, 6.45) is 5.60. The van der Waals surface area contributed by atoms with Gasteiger partial charge in [0.05, 0.1) is 18.9 Å². The number of aryl methyl sites for hydroxylation is 1. The van der Waals surface area contributed by atoms with E-state index in [0.29, 0.717) is 23.6 Å². The normalized spacial score (nSPS) is 13.1. The van der Waals surface area contributed by atoms with Gasteiger partial charge in [0.15, 0.2) is 11.5 Å². The molecule has 0 fully saturated rings. The number of hydrogen-bond acceptors (Lipinski definition) is 4. The lowest BCUT2D eigenvalue weighted by molar-refractivity contribution is -0.129. The molecule has 0 N–H and O–H groups in total. The third-order valence-corrected chi connectivity index (χ3v) is 4.20. The van der Waals surface area contributed by atoms with Crippen LogP contribution in [0.25, 0.3) is 6.08 Å². The molecule has 1 amide bonds. The number of fused-ring (bicyclic) bond motifs is 1. The van der Waals surface area contributed by atoms with E-state index in [4.69, 9.17) is 9.47 Å². The first-order chi connectivity index (χ1) is 12.0. The van der Waals surface area contributed by atoms with E-state index in [1.807, 2.05) is 56.3 Å². The molecule has 0 saturated carbocycles. The van der Waals surface area contributed by atoms with Crippen LogP contribution in [-0.2, 0) is 18.4 Å². The van der Waals surface area contributed by atoms with Crippen molar-refractivity contribution in [3.05, 3.63) is 47.3 Å². The Balaban J connectivity index is 1.86. The van der Waals surface area contributed by atoms with Crippen LogP contribution >= 0.6 is 0 Å². The summed E-state index contributed by atoms with van der Waals surface area (Å²) in [5.74, 6) is 1.34. The molecule has 1 aromatic heterocycles. The molecule has 6 nitrogen and oxygen atoms in total. The van der Waals surface area contributed by atoms with Gasteiger partial charge in [-0.3, -0.25) is 9.48 Å². The summed E-state index contributed by atoms with van der Waals surface area (Å²) in [4.78, 5) is 14.9. The Hall–Kier alpha value is -2.76. The highest BCUT2D eigenvalue weighted by molar-refractivity contribution is 5.99. The number of para-hydroxylation sites is 1. The molecular weight excluding hydrogens is 318 g/mol. The summed E-state index contributed by atoms with van der Waals surface area (Å²) in [7, 11) is 3.48. The lowest BCUT2D eigenvalue weighted by atomic mass is 10.1. The Morgan fingerprint density at radius 1 is 1.44 bits per heavy atom. The van der Waals surface area contributed by atoms with Crippen molar-refractivity contribution in [1.29, 1.82) is 0 Å². The summed E-state index contributed by atoms with van der Waals surface area (Å²) in [6.45, 7) is 4.78. The van der Waals surface area contributed by atoms with Gasteiger partial charge in [-0.05, 0) is 26.0 Å². The number of benzene rings is 1. The molecule has 0 unspecified atom stereocenters. The molecule has 2 aromatic rings. The number of methoxy groups -OCH3 is 1. The molecule has 0 saturated heterocycles. The number of rotatable bonds is 5.